The van der Waals surface area contributed by atoms with Crippen molar-refractivity contribution in [1.82, 2.24) is 10.2 Å². The van der Waals surface area contributed by atoms with Crippen molar-refractivity contribution < 1.29 is 19.4 Å². The summed E-state index contributed by atoms with van der Waals surface area (Å²) in [5.41, 5.74) is 3.60. The SMILES string of the molecule is O=C(O)NC1COc2cc(N3CCN(Cc4ccccc4)C4(COC4)C3)ccc2C1. The number of nitrogens with zero attached hydrogens (tertiary/aromatic N) is 2. The molecule has 7 nitrogen and oxygen atoms in total. The zero-order chi connectivity index (χ0) is 20.6. The van der Waals surface area contributed by atoms with E-state index in [9.17, 15) is 4.79 Å². The highest BCUT2D eigenvalue weighted by Gasteiger charge is 2.47. The van der Waals surface area contributed by atoms with Crippen LogP contribution in [0, 0.1) is 0 Å². The molecular weight excluding hydrogens is 382 g/mol. The van der Waals surface area contributed by atoms with Crippen molar-refractivity contribution in [3.63, 3.8) is 0 Å². The summed E-state index contributed by atoms with van der Waals surface area (Å²) < 4.78 is 11.5. The van der Waals surface area contributed by atoms with Crippen LogP contribution in [-0.4, -0.2) is 67.1 Å². The number of carboxylic acid groups (broad SMARTS) is 1. The lowest BCUT2D eigenvalue weighted by Gasteiger charge is -2.55. The average molecular weight is 409 g/mol. The summed E-state index contributed by atoms with van der Waals surface area (Å²) in [6.07, 6.45) is -0.352. The highest BCUT2D eigenvalue weighted by atomic mass is 16.5. The van der Waals surface area contributed by atoms with E-state index in [0.717, 1.165) is 56.4 Å². The van der Waals surface area contributed by atoms with Crippen LogP contribution in [-0.2, 0) is 17.7 Å². The molecular formula is C23H27N3O4. The molecule has 2 aromatic rings. The number of benzene rings is 2. The number of piperazine rings is 1. The molecule has 1 amide bonds. The van der Waals surface area contributed by atoms with E-state index in [2.05, 4.69) is 63.6 Å². The number of nitrogens with one attached hydrogen (secondary N) is 1. The first kappa shape index (κ1) is 19.2. The number of fused-ring (bicyclic) bond motifs is 1. The Labute approximate surface area is 176 Å². The Kier molecular flexibility index (Phi) is 5.00. The second-order valence-corrected chi connectivity index (χ2v) is 8.50. The number of amides is 1. The van der Waals surface area contributed by atoms with Gasteiger partial charge >= 0.3 is 6.09 Å². The van der Waals surface area contributed by atoms with Gasteiger partial charge in [-0.3, -0.25) is 4.90 Å². The lowest BCUT2D eigenvalue weighted by Crippen LogP contribution is -2.71. The Balaban J connectivity index is 1.29. The van der Waals surface area contributed by atoms with E-state index in [4.69, 9.17) is 14.6 Å². The molecule has 2 aromatic carbocycles. The van der Waals surface area contributed by atoms with Crippen LogP contribution >= 0.6 is 0 Å². The van der Waals surface area contributed by atoms with Crippen LogP contribution in [0.1, 0.15) is 11.1 Å². The van der Waals surface area contributed by atoms with Crippen LogP contribution < -0.4 is 15.0 Å². The van der Waals surface area contributed by atoms with Crippen LogP contribution in [0.4, 0.5) is 10.5 Å². The lowest BCUT2D eigenvalue weighted by atomic mass is 9.90. The van der Waals surface area contributed by atoms with Gasteiger partial charge in [-0.1, -0.05) is 36.4 Å². The predicted octanol–water partition coefficient (Wildman–Crippen LogP) is 2.35. The quantitative estimate of drug-likeness (QED) is 0.808. The first-order valence-electron chi connectivity index (χ1n) is 10.5. The predicted molar refractivity (Wildman–Crippen MR) is 113 cm³/mol. The average Bonchev–Trinajstić information content (AvgIpc) is 2.73. The van der Waals surface area contributed by atoms with E-state index in [1.54, 1.807) is 0 Å². The number of carbonyl (C=O) groups is 1. The van der Waals surface area contributed by atoms with E-state index in [-0.39, 0.29) is 11.6 Å². The molecule has 0 aromatic heterocycles. The molecule has 0 radical (unpaired) electrons. The van der Waals surface area contributed by atoms with Gasteiger partial charge in [-0.25, -0.2) is 4.79 Å². The molecule has 0 bridgehead atoms. The van der Waals surface area contributed by atoms with Gasteiger partial charge in [0.1, 0.15) is 12.4 Å². The maximum absolute atomic E-state index is 10.9. The van der Waals surface area contributed by atoms with Crippen LogP contribution in [0.15, 0.2) is 48.5 Å². The standard InChI is InChI=1S/C23H27N3O4/c27-22(28)24-19-10-18-6-7-20(11-21(18)30-13-19)25-8-9-26(23(14-25)15-29-16-23)12-17-4-2-1-3-5-17/h1-7,11,19,24H,8-10,12-16H2,(H,27,28). The Morgan fingerprint density at radius 2 is 2.00 bits per heavy atom. The van der Waals surface area contributed by atoms with Gasteiger partial charge in [0.25, 0.3) is 0 Å². The van der Waals surface area contributed by atoms with E-state index in [1.807, 2.05) is 0 Å². The monoisotopic (exact) mass is 409 g/mol. The highest BCUT2D eigenvalue weighted by molar-refractivity contribution is 5.65. The van der Waals surface area contributed by atoms with Gasteiger partial charge < -0.3 is 24.8 Å². The molecule has 3 heterocycles. The largest absolute Gasteiger partial charge is 0.491 e. The topological polar surface area (TPSA) is 74.3 Å². The highest BCUT2D eigenvalue weighted by Crippen LogP contribution is 2.35. The third-order valence-corrected chi connectivity index (χ3v) is 6.40. The summed E-state index contributed by atoms with van der Waals surface area (Å²) in [5.74, 6) is 0.863. The second-order valence-electron chi connectivity index (χ2n) is 8.50. The minimum Gasteiger partial charge on any atom is -0.491 e. The molecule has 1 spiro atoms. The fourth-order valence-electron chi connectivity index (χ4n) is 4.72. The van der Waals surface area contributed by atoms with Gasteiger partial charge in [-0.05, 0) is 23.6 Å². The summed E-state index contributed by atoms with van der Waals surface area (Å²) >= 11 is 0. The number of anilines is 1. The van der Waals surface area contributed by atoms with Gasteiger partial charge in [0.15, 0.2) is 0 Å². The first-order valence-corrected chi connectivity index (χ1v) is 10.5. The molecule has 3 aliphatic heterocycles. The minimum absolute atomic E-state index is 0.0569. The summed E-state index contributed by atoms with van der Waals surface area (Å²) in [6.45, 7) is 5.72. The van der Waals surface area contributed by atoms with E-state index >= 15 is 0 Å². The molecule has 3 aliphatic rings. The molecule has 0 aliphatic carbocycles. The van der Waals surface area contributed by atoms with Crippen LogP contribution in [0.5, 0.6) is 5.75 Å². The lowest BCUT2D eigenvalue weighted by molar-refractivity contribution is -0.146. The van der Waals surface area contributed by atoms with Crippen molar-refractivity contribution in [2.45, 2.75) is 24.5 Å². The Hall–Kier alpha value is -2.77. The molecule has 5 rings (SSSR count). The van der Waals surface area contributed by atoms with Gasteiger partial charge in [0, 0.05) is 37.9 Å². The fraction of sp³-hybridized carbons (Fsp3) is 0.435. The van der Waals surface area contributed by atoms with Gasteiger partial charge in [-0.15, -0.1) is 0 Å². The Morgan fingerprint density at radius 1 is 1.17 bits per heavy atom. The van der Waals surface area contributed by atoms with Gasteiger partial charge in [0.2, 0.25) is 0 Å². The Morgan fingerprint density at radius 3 is 2.73 bits per heavy atom. The molecule has 1 unspecified atom stereocenters. The van der Waals surface area contributed by atoms with E-state index < -0.39 is 6.09 Å². The summed E-state index contributed by atoms with van der Waals surface area (Å²) in [7, 11) is 0. The number of rotatable bonds is 4. The fourth-order valence-corrected chi connectivity index (χ4v) is 4.72. The van der Waals surface area contributed by atoms with Crippen LogP contribution in [0.2, 0.25) is 0 Å². The third kappa shape index (κ3) is 3.70. The van der Waals surface area contributed by atoms with Crippen molar-refractivity contribution in [2.75, 3.05) is 44.4 Å². The van der Waals surface area contributed by atoms with Crippen molar-refractivity contribution in [3.05, 3.63) is 59.7 Å². The molecule has 0 saturated carbocycles. The second kappa shape index (κ2) is 7.81. The number of hydrogen-bond donors (Lipinski definition) is 2. The van der Waals surface area contributed by atoms with Crippen LogP contribution in [0.25, 0.3) is 0 Å². The van der Waals surface area contributed by atoms with Gasteiger partial charge in [0.05, 0.1) is 24.8 Å². The number of hydrogen-bond acceptors (Lipinski definition) is 5. The summed E-state index contributed by atoms with van der Waals surface area (Å²) in [5, 5.41) is 11.4. The Bertz CT molecular complexity index is 916. The van der Waals surface area contributed by atoms with Crippen LogP contribution in [0.3, 0.4) is 0 Å². The molecule has 30 heavy (non-hydrogen) atoms. The van der Waals surface area contributed by atoms with Crippen molar-refractivity contribution in [2.24, 2.45) is 0 Å². The molecule has 2 N–H and O–H groups in total. The van der Waals surface area contributed by atoms with Crippen molar-refractivity contribution >= 4 is 11.8 Å². The summed E-state index contributed by atoms with van der Waals surface area (Å²) in [6, 6.07) is 16.7. The smallest absolute Gasteiger partial charge is 0.405 e. The van der Waals surface area contributed by atoms with Crippen molar-refractivity contribution in [1.29, 1.82) is 0 Å². The van der Waals surface area contributed by atoms with E-state index in [1.165, 1.54) is 5.56 Å². The maximum Gasteiger partial charge on any atom is 0.405 e. The first-order chi connectivity index (χ1) is 14.6. The van der Waals surface area contributed by atoms with Gasteiger partial charge in [-0.2, -0.15) is 0 Å². The number of ether oxygens (including phenoxy) is 2. The van der Waals surface area contributed by atoms with Crippen molar-refractivity contribution in [3.8, 4) is 5.75 Å². The minimum atomic E-state index is -1.01. The van der Waals surface area contributed by atoms with E-state index in [0.29, 0.717) is 13.0 Å². The zero-order valence-electron chi connectivity index (χ0n) is 16.9. The molecule has 7 heteroatoms. The molecule has 2 saturated heterocycles. The third-order valence-electron chi connectivity index (χ3n) is 6.40. The zero-order valence-corrected chi connectivity index (χ0v) is 16.9. The molecule has 158 valence electrons. The summed E-state index contributed by atoms with van der Waals surface area (Å²) in [4.78, 5) is 15.9. The molecule has 1 atom stereocenters. The normalized spacial score (nSPS) is 22.7. The molecule has 2 fully saturated rings. The maximum atomic E-state index is 10.9.